The lowest BCUT2D eigenvalue weighted by Gasteiger charge is -2.06. The van der Waals surface area contributed by atoms with Crippen LogP contribution in [0.25, 0.3) is 0 Å². The minimum atomic E-state index is -0.861. The first-order valence-electron chi connectivity index (χ1n) is 5.57. The number of rotatable bonds is 7. The Bertz CT molecular complexity index is 381. The maximum absolute atomic E-state index is 13.2. The highest BCUT2D eigenvalue weighted by molar-refractivity contribution is 7.99. The van der Waals surface area contributed by atoms with E-state index >= 15 is 0 Å². The Balaban J connectivity index is 2.37. The van der Waals surface area contributed by atoms with Crippen molar-refractivity contribution in [2.24, 2.45) is 0 Å². The molecule has 0 heterocycles. The van der Waals surface area contributed by atoms with Crippen LogP contribution in [0.1, 0.15) is 16.8 Å². The van der Waals surface area contributed by atoms with E-state index < -0.39 is 23.1 Å². The third-order valence-corrected chi connectivity index (χ3v) is 3.24. The zero-order chi connectivity index (χ0) is 13.4. The lowest BCUT2D eigenvalue weighted by Crippen LogP contribution is -2.27. The third-order valence-electron chi connectivity index (χ3n) is 2.17. The maximum Gasteiger partial charge on any atom is 0.257 e. The minimum Gasteiger partial charge on any atom is -0.396 e. The van der Waals surface area contributed by atoms with Gasteiger partial charge in [-0.3, -0.25) is 4.79 Å². The molecule has 0 aliphatic rings. The van der Waals surface area contributed by atoms with E-state index in [4.69, 9.17) is 5.11 Å². The minimum absolute atomic E-state index is 0.139. The Hall–Kier alpha value is -1.14. The van der Waals surface area contributed by atoms with Crippen molar-refractivity contribution >= 4 is 17.7 Å². The number of aliphatic hydroxyl groups excluding tert-OH is 1. The van der Waals surface area contributed by atoms with Gasteiger partial charge in [-0.1, -0.05) is 6.07 Å². The van der Waals surface area contributed by atoms with Crippen molar-refractivity contribution in [1.29, 1.82) is 0 Å². The first-order chi connectivity index (χ1) is 8.66. The number of nitrogens with one attached hydrogen (secondary N) is 1. The quantitative estimate of drug-likeness (QED) is 0.746. The molecule has 0 unspecified atom stereocenters. The van der Waals surface area contributed by atoms with Crippen LogP contribution in [-0.4, -0.2) is 35.7 Å². The van der Waals surface area contributed by atoms with Crippen molar-refractivity contribution in [2.75, 3.05) is 24.7 Å². The van der Waals surface area contributed by atoms with Crippen LogP contribution in [0.3, 0.4) is 0 Å². The highest BCUT2D eigenvalue weighted by Gasteiger charge is 2.15. The van der Waals surface area contributed by atoms with Crippen molar-refractivity contribution in [3.05, 3.63) is 35.4 Å². The summed E-state index contributed by atoms with van der Waals surface area (Å²) in [6, 6.07) is 3.31. The molecule has 1 aromatic rings. The van der Waals surface area contributed by atoms with Gasteiger partial charge in [0.1, 0.15) is 17.2 Å². The van der Waals surface area contributed by atoms with Crippen LogP contribution in [0.4, 0.5) is 8.78 Å². The summed E-state index contributed by atoms with van der Waals surface area (Å²) in [4.78, 5) is 11.5. The summed E-state index contributed by atoms with van der Waals surface area (Å²) in [6.07, 6.45) is 0.695. The zero-order valence-corrected chi connectivity index (χ0v) is 10.6. The van der Waals surface area contributed by atoms with Crippen LogP contribution >= 0.6 is 11.8 Å². The molecule has 18 heavy (non-hydrogen) atoms. The molecule has 1 rings (SSSR count). The van der Waals surface area contributed by atoms with Gasteiger partial charge in [0.25, 0.3) is 5.91 Å². The summed E-state index contributed by atoms with van der Waals surface area (Å²) in [5.74, 6) is -1.03. The molecule has 0 saturated carbocycles. The molecule has 100 valence electrons. The fourth-order valence-electron chi connectivity index (χ4n) is 1.31. The van der Waals surface area contributed by atoms with Crippen molar-refractivity contribution < 1.29 is 18.7 Å². The largest absolute Gasteiger partial charge is 0.396 e. The summed E-state index contributed by atoms with van der Waals surface area (Å²) < 4.78 is 26.5. The number of benzene rings is 1. The molecule has 0 radical (unpaired) electrons. The van der Waals surface area contributed by atoms with Crippen LogP contribution in [0.15, 0.2) is 18.2 Å². The normalized spacial score (nSPS) is 10.4. The van der Waals surface area contributed by atoms with Crippen molar-refractivity contribution in [1.82, 2.24) is 5.32 Å². The molecule has 0 aromatic heterocycles. The standard InChI is InChI=1S/C12H15F2NO2S/c13-9-3-1-4-10(14)11(9)12(17)15-5-8-18-7-2-6-16/h1,3-4,16H,2,5-8H2,(H,15,17). The third kappa shape index (κ3) is 4.62. The molecule has 0 saturated heterocycles. The van der Waals surface area contributed by atoms with Crippen molar-refractivity contribution in [2.45, 2.75) is 6.42 Å². The average molecular weight is 275 g/mol. The van der Waals surface area contributed by atoms with Crippen molar-refractivity contribution in [3.63, 3.8) is 0 Å². The second-order valence-electron chi connectivity index (χ2n) is 3.54. The Labute approximate surface area is 109 Å². The van der Waals surface area contributed by atoms with Gasteiger partial charge in [-0.25, -0.2) is 8.78 Å². The van der Waals surface area contributed by atoms with Gasteiger partial charge < -0.3 is 10.4 Å². The van der Waals surface area contributed by atoms with Gasteiger partial charge in [0, 0.05) is 18.9 Å². The van der Waals surface area contributed by atoms with E-state index in [0.29, 0.717) is 18.7 Å². The molecule has 0 aliphatic carbocycles. The fraction of sp³-hybridized carbons (Fsp3) is 0.417. The average Bonchev–Trinajstić information content (AvgIpc) is 2.33. The molecule has 0 spiro atoms. The van der Waals surface area contributed by atoms with Gasteiger partial charge >= 0.3 is 0 Å². The number of hydrogen-bond acceptors (Lipinski definition) is 3. The van der Waals surface area contributed by atoms with E-state index in [0.717, 1.165) is 17.9 Å². The topological polar surface area (TPSA) is 49.3 Å². The van der Waals surface area contributed by atoms with Gasteiger partial charge in [0.15, 0.2) is 0 Å². The number of aliphatic hydroxyl groups is 1. The van der Waals surface area contributed by atoms with Crippen LogP contribution in [-0.2, 0) is 0 Å². The van der Waals surface area contributed by atoms with Gasteiger partial charge in [0.2, 0.25) is 0 Å². The van der Waals surface area contributed by atoms with Gasteiger partial charge in [-0.15, -0.1) is 0 Å². The number of carbonyl (C=O) groups excluding carboxylic acids is 1. The maximum atomic E-state index is 13.2. The molecule has 6 heteroatoms. The molecule has 0 fully saturated rings. The number of thioether (sulfide) groups is 1. The molecular weight excluding hydrogens is 260 g/mol. The van der Waals surface area contributed by atoms with E-state index in [9.17, 15) is 13.6 Å². The predicted octanol–water partition coefficient (Wildman–Crippen LogP) is 1.81. The SMILES string of the molecule is O=C(NCCSCCCO)c1c(F)cccc1F. The van der Waals surface area contributed by atoms with Gasteiger partial charge in [-0.05, 0) is 24.3 Å². The van der Waals surface area contributed by atoms with E-state index in [2.05, 4.69) is 5.32 Å². The van der Waals surface area contributed by atoms with Gasteiger partial charge in [-0.2, -0.15) is 11.8 Å². The fourth-order valence-corrected chi connectivity index (χ4v) is 2.09. The summed E-state index contributed by atoms with van der Waals surface area (Å²) >= 11 is 1.56. The molecule has 0 atom stereocenters. The Kier molecular flexibility index (Phi) is 6.67. The van der Waals surface area contributed by atoms with Gasteiger partial charge in [0.05, 0.1) is 0 Å². The Morgan fingerprint density at radius 2 is 1.94 bits per heavy atom. The first kappa shape index (κ1) is 14.9. The summed E-state index contributed by atoms with van der Waals surface area (Å²) in [5.41, 5.74) is -0.544. The first-order valence-corrected chi connectivity index (χ1v) is 6.73. The molecular formula is C12H15F2NO2S. The monoisotopic (exact) mass is 275 g/mol. The molecule has 1 aromatic carbocycles. The lowest BCUT2D eigenvalue weighted by molar-refractivity contribution is 0.0947. The van der Waals surface area contributed by atoms with Crippen LogP contribution in [0, 0.1) is 11.6 Å². The van der Waals surface area contributed by atoms with E-state index in [1.807, 2.05) is 0 Å². The number of carbonyl (C=O) groups is 1. The number of halogens is 2. The Morgan fingerprint density at radius 1 is 1.28 bits per heavy atom. The highest BCUT2D eigenvalue weighted by atomic mass is 32.2. The van der Waals surface area contributed by atoms with Crippen LogP contribution < -0.4 is 5.32 Å². The van der Waals surface area contributed by atoms with E-state index in [1.54, 1.807) is 11.8 Å². The molecule has 3 nitrogen and oxygen atoms in total. The number of hydrogen-bond donors (Lipinski definition) is 2. The summed E-state index contributed by atoms with van der Waals surface area (Å²) in [7, 11) is 0. The van der Waals surface area contributed by atoms with Crippen LogP contribution in [0.5, 0.6) is 0 Å². The summed E-state index contributed by atoms with van der Waals surface area (Å²) in [5, 5.41) is 11.0. The second-order valence-corrected chi connectivity index (χ2v) is 4.77. The highest BCUT2D eigenvalue weighted by Crippen LogP contribution is 2.11. The van der Waals surface area contributed by atoms with E-state index in [1.165, 1.54) is 6.07 Å². The zero-order valence-electron chi connectivity index (χ0n) is 9.79. The second kappa shape index (κ2) is 8.05. The van der Waals surface area contributed by atoms with E-state index in [-0.39, 0.29) is 6.61 Å². The smallest absolute Gasteiger partial charge is 0.257 e. The molecule has 2 N–H and O–H groups in total. The number of amides is 1. The van der Waals surface area contributed by atoms with Crippen LogP contribution in [0.2, 0.25) is 0 Å². The Morgan fingerprint density at radius 3 is 2.56 bits per heavy atom. The molecule has 0 aliphatic heterocycles. The van der Waals surface area contributed by atoms with Crippen molar-refractivity contribution in [3.8, 4) is 0 Å². The summed E-state index contributed by atoms with van der Waals surface area (Å²) in [6.45, 7) is 0.475. The molecule has 1 amide bonds. The lowest BCUT2D eigenvalue weighted by atomic mass is 10.2. The predicted molar refractivity (Wildman–Crippen MR) is 67.7 cm³/mol. The molecule has 0 bridgehead atoms.